The first-order valence-corrected chi connectivity index (χ1v) is 13.4. The standard InChI is InChI=1S/C29H45NO10/c1-11-28(7,8)39-25(33)37-21-14-13-19(16-22(21)38-26(34)40-29(9,10)12-2)15-20(30)23(31)36-18(3)17-35-24(32)27(4,5)6/h13-14,16,18,20H,11-12,15,17,30H2,1-10H3/t18-,20-/m0/s1. The zero-order chi connectivity index (χ0) is 30.9. The minimum absolute atomic E-state index is 0.00673. The van der Waals surface area contributed by atoms with Gasteiger partial charge in [-0.1, -0.05) is 19.9 Å². The Morgan fingerprint density at radius 3 is 1.80 bits per heavy atom. The Morgan fingerprint density at radius 1 is 0.825 bits per heavy atom. The average Bonchev–Trinajstić information content (AvgIpc) is 2.82. The summed E-state index contributed by atoms with van der Waals surface area (Å²) in [4.78, 5) is 49.3. The Balaban J connectivity index is 3.02. The molecule has 40 heavy (non-hydrogen) atoms. The molecule has 0 saturated carbocycles. The van der Waals surface area contributed by atoms with Crippen molar-refractivity contribution in [3.63, 3.8) is 0 Å². The van der Waals surface area contributed by atoms with E-state index >= 15 is 0 Å². The Hall–Kier alpha value is -3.34. The van der Waals surface area contributed by atoms with Gasteiger partial charge >= 0.3 is 24.2 Å². The maximum absolute atomic E-state index is 12.5. The van der Waals surface area contributed by atoms with E-state index in [1.165, 1.54) is 12.1 Å². The third-order valence-electron chi connectivity index (χ3n) is 5.95. The highest BCUT2D eigenvalue weighted by atomic mass is 16.8. The molecule has 0 radical (unpaired) electrons. The van der Waals surface area contributed by atoms with Crippen LogP contribution in [0.1, 0.15) is 87.6 Å². The first-order valence-electron chi connectivity index (χ1n) is 13.4. The van der Waals surface area contributed by atoms with E-state index in [9.17, 15) is 19.2 Å². The Labute approximate surface area is 236 Å². The van der Waals surface area contributed by atoms with E-state index in [-0.39, 0.29) is 24.5 Å². The lowest BCUT2D eigenvalue weighted by molar-refractivity contribution is -0.163. The number of hydrogen-bond acceptors (Lipinski definition) is 11. The van der Waals surface area contributed by atoms with Crippen LogP contribution in [0.25, 0.3) is 0 Å². The minimum Gasteiger partial charge on any atom is -0.461 e. The summed E-state index contributed by atoms with van der Waals surface area (Å²) >= 11 is 0. The van der Waals surface area contributed by atoms with Gasteiger partial charge < -0.3 is 34.2 Å². The van der Waals surface area contributed by atoms with Gasteiger partial charge in [0, 0.05) is 0 Å². The van der Waals surface area contributed by atoms with Gasteiger partial charge in [0.25, 0.3) is 0 Å². The summed E-state index contributed by atoms with van der Waals surface area (Å²) in [5.74, 6) is -1.34. The summed E-state index contributed by atoms with van der Waals surface area (Å²) in [5.41, 5.74) is 4.31. The van der Waals surface area contributed by atoms with Crippen LogP contribution in [0.3, 0.4) is 0 Å². The minimum atomic E-state index is -1.08. The molecule has 11 heteroatoms. The molecular weight excluding hydrogens is 522 g/mol. The van der Waals surface area contributed by atoms with E-state index in [1.807, 2.05) is 13.8 Å². The van der Waals surface area contributed by atoms with Crippen LogP contribution in [0.2, 0.25) is 0 Å². The lowest BCUT2D eigenvalue weighted by atomic mass is 9.97. The predicted octanol–water partition coefficient (Wildman–Crippen LogP) is 5.49. The summed E-state index contributed by atoms with van der Waals surface area (Å²) in [7, 11) is 0. The first-order chi connectivity index (χ1) is 18.3. The predicted molar refractivity (Wildman–Crippen MR) is 147 cm³/mol. The second-order valence-electron chi connectivity index (χ2n) is 11.8. The van der Waals surface area contributed by atoms with Crippen LogP contribution in [0.15, 0.2) is 18.2 Å². The van der Waals surface area contributed by atoms with Crippen LogP contribution < -0.4 is 15.2 Å². The topological polar surface area (TPSA) is 150 Å². The number of benzene rings is 1. The van der Waals surface area contributed by atoms with E-state index in [2.05, 4.69) is 0 Å². The Kier molecular flexibility index (Phi) is 12.4. The van der Waals surface area contributed by atoms with Gasteiger partial charge in [0.1, 0.15) is 30.0 Å². The molecule has 1 rings (SSSR count). The molecule has 0 heterocycles. The molecule has 0 amide bonds. The van der Waals surface area contributed by atoms with Crippen molar-refractivity contribution in [3.05, 3.63) is 23.8 Å². The number of nitrogens with two attached hydrogens (primary N) is 1. The first kappa shape index (κ1) is 34.7. The number of esters is 2. The molecule has 0 aliphatic carbocycles. The van der Waals surface area contributed by atoms with Gasteiger partial charge in [0.2, 0.25) is 0 Å². The number of hydrogen-bond donors (Lipinski definition) is 1. The molecule has 0 aromatic heterocycles. The average molecular weight is 568 g/mol. The molecule has 1 aromatic rings. The third kappa shape index (κ3) is 12.2. The maximum Gasteiger partial charge on any atom is 0.514 e. The zero-order valence-corrected chi connectivity index (χ0v) is 25.4. The van der Waals surface area contributed by atoms with Gasteiger partial charge in [-0.25, -0.2) is 9.59 Å². The van der Waals surface area contributed by atoms with E-state index < -0.39 is 53.0 Å². The molecule has 2 N–H and O–H groups in total. The lowest BCUT2D eigenvalue weighted by Crippen LogP contribution is -2.37. The van der Waals surface area contributed by atoms with E-state index in [1.54, 1.807) is 61.5 Å². The molecule has 11 nitrogen and oxygen atoms in total. The van der Waals surface area contributed by atoms with Crippen LogP contribution in [-0.4, -0.2) is 54.2 Å². The second-order valence-corrected chi connectivity index (χ2v) is 11.8. The normalized spacial score (nSPS) is 13.5. The van der Waals surface area contributed by atoms with Crippen molar-refractivity contribution in [2.75, 3.05) is 6.61 Å². The van der Waals surface area contributed by atoms with E-state index in [0.29, 0.717) is 18.4 Å². The molecule has 0 saturated heterocycles. The van der Waals surface area contributed by atoms with E-state index in [0.717, 1.165) is 0 Å². The largest absolute Gasteiger partial charge is 0.514 e. The summed E-state index contributed by atoms with van der Waals surface area (Å²) in [6, 6.07) is 3.29. The highest BCUT2D eigenvalue weighted by Gasteiger charge is 2.28. The van der Waals surface area contributed by atoms with Crippen LogP contribution in [0, 0.1) is 5.41 Å². The second kappa shape index (κ2) is 14.3. The highest BCUT2D eigenvalue weighted by Crippen LogP contribution is 2.31. The summed E-state index contributed by atoms with van der Waals surface area (Å²) in [5, 5.41) is 0. The molecule has 0 spiro atoms. The van der Waals surface area contributed by atoms with Crippen molar-refractivity contribution in [2.24, 2.45) is 11.1 Å². The molecule has 0 aliphatic heterocycles. The quantitative estimate of drug-likeness (QED) is 0.194. The molecule has 2 atom stereocenters. The van der Waals surface area contributed by atoms with Crippen LogP contribution in [-0.2, 0) is 35.0 Å². The van der Waals surface area contributed by atoms with Gasteiger partial charge in [-0.05, 0) is 92.3 Å². The maximum atomic E-state index is 12.5. The molecule has 0 fully saturated rings. The number of rotatable bonds is 12. The third-order valence-corrected chi connectivity index (χ3v) is 5.95. The van der Waals surface area contributed by atoms with Crippen molar-refractivity contribution >= 4 is 24.2 Å². The molecular formula is C29H45NO10. The zero-order valence-electron chi connectivity index (χ0n) is 25.4. The summed E-state index contributed by atoms with van der Waals surface area (Å²) in [6.45, 7) is 17.2. The van der Waals surface area contributed by atoms with Crippen molar-refractivity contribution in [1.29, 1.82) is 0 Å². The fourth-order valence-corrected chi connectivity index (χ4v) is 2.73. The van der Waals surface area contributed by atoms with Gasteiger partial charge in [0.15, 0.2) is 11.5 Å². The van der Waals surface area contributed by atoms with Crippen molar-refractivity contribution in [3.8, 4) is 11.5 Å². The van der Waals surface area contributed by atoms with Crippen LogP contribution in [0.4, 0.5) is 9.59 Å². The monoisotopic (exact) mass is 567 g/mol. The molecule has 0 bridgehead atoms. The van der Waals surface area contributed by atoms with Gasteiger partial charge in [-0.2, -0.15) is 0 Å². The molecule has 1 aromatic carbocycles. The van der Waals surface area contributed by atoms with Gasteiger partial charge in [-0.15, -0.1) is 0 Å². The van der Waals surface area contributed by atoms with Crippen LogP contribution >= 0.6 is 0 Å². The summed E-state index contributed by atoms with van der Waals surface area (Å²) < 4.78 is 31.8. The number of carbonyl (C=O) groups excluding carboxylic acids is 4. The molecule has 0 aliphatic rings. The van der Waals surface area contributed by atoms with Crippen molar-refractivity contribution in [2.45, 2.75) is 112 Å². The van der Waals surface area contributed by atoms with Crippen LogP contribution in [0.5, 0.6) is 11.5 Å². The highest BCUT2D eigenvalue weighted by molar-refractivity contribution is 5.77. The Morgan fingerprint density at radius 2 is 1.32 bits per heavy atom. The van der Waals surface area contributed by atoms with E-state index in [4.69, 9.17) is 34.2 Å². The lowest BCUT2D eigenvalue weighted by Gasteiger charge is -2.24. The smallest absolute Gasteiger partial charge is 0.461 e. The van der Waals surface area contributed by atoms with Gasteiger partial charge in [0.05, 0.1) is 5.41 Å². The fourth-order valence-electron chi connectivity index (χ4n) is 2.73. The van der Waals surface area contributed by atoms with Gasteiger partial charge in [-0.3, -0.25) is 9.59 Å². The Bertz CT molecular complexity index is 1040. The summed E-state index contributed by atoms with van der Waals surface area (Å²) in [6.07, 6.45) is -1.60. The van der Waals surface area contributed by atoms with Crippen molar-refractivity contribution in [1.82, 2.24) is 0 Å². The van der Waals surface area contributed by atoms with Crippen molar-refractivity contribution < 1.29 is 47.6 Å². The SMILES string of the molecule is CCC(C)(C)OC(=O)Oc1ccc(C[C@H](N)C(=O)O[C@@H](C)COC(=O)C(C)(C)C)cc1OC(=O)OC(C)(C)CC. The molecule has 226 valence electrons. The number of carbonyl (C=O) groups is 4. The number of ether oxygens (including phenoxy) is 6. The fraction of sp³-hybridized carbons (Fsp3) is 0.655. The molecule has 0 unspecified atom stereocenters.